The standard InChI is InChI=1S/C30H41N5O7/c1-18(2)25(35-26(37)19(3)32-27(38)23(31)16-36)29(40)34-24(15-21-11-7-5-8-12-21)28(39)33-20(4)30(41)42-17-22-13-9-6-10-14-22/h5-14,18-20,23-25,36H,15-17,31H2,1-4H3,(H,32,38)(H,33,39)(H,34,40)(H,35,37)/t19-,20-,23-,24-,25-/m0/s1. The van der Waals surface area contributed by atoms with Crippen molar-refractivity contribution in [3.8, 4) is 0 Å². The molecule has 0 fully saturated rings. The van der Waals surface area contributed by atoms with Gasteiger partial charge in [0.05, 0.1) is 6.61 Å². The molecule has 0 heterocycles. The lowest BCUT2D eigenvalue weighted by molar-refractivity contribution is -0.148. The zero-order valence-corrected chi connectivity index (χ0v) is 24.3. The summed E-state index contributed by atoms with van der Waals surface area (Å²) in [5.41, 5.74) is 7.04. The highest BCUT2D eigenvalue weighted by molar-refractivity contribution is 5.95. The first kappa shape index (κ1) is 33.9. The van der Waals surface area contributed by atoms with Crippen LogP contribution in [-0.4, -0.2) is 71.5 Å². The SMILES string of the molecule is CC(C)[C@H](NC(=O)[C@H](C)NC(=O)[C@@H](N)CO)C(=O)N[C@@H](Cc1ccccc1)C(=O)N[C@@H](C)C(=O)OCc1ccccc1. The number of amides is 4. The fraction of sp³-hybridized carbons (Fsp3) is 0.433. The first-order valence-corrected chi connectivity index (χ1v) is 13.7. The molecule has 12 nitrogen and oxygen atoms in total. The Labute approximate surface area is 245 Å². The van der Waals surface area contributed by atoms with Gasteiger partial charge in [0, 0.05) is 6.42 Å². The number of aliphatic hydroxyl groups excluding tert-OH is 1. The largest absolute Gasteiger partial charge is 0.459 e. The number of carbonyl (C=O) groups excluding carboxylic acids is 5. The molecule has 12 heteroatoms. The van der Waals surface area contributed by atoms with E-state index >= 15 is 0 Å². The van der Waals surface area contributed by atoms with E-state index in [1.807, 2.05) is 36.4 Å². The molecule has 0 radical (unpaired) electrons. The smallest absolute Gasteiger partial charge is 0.328 e. The van der Waals surface area contributed by atoms with E-state index in [-0.39, 0.29) is 18.9 Å². The van der Waals surface area contributed by atoms with Crippen molar-refractivity contribution in [2.75, 3.05) is 6.61 Å². The number of hydrogen-bond donors (Lipinski definition) is 6. The normalized spacial score (nSPS) is 14.5. The van der Waals surface area contributed by atoms with Crippen LogP contribution in [0.1, 0.15) is 38.8 Å². The number of nitrogens with one attached hydrogen (secondary N) is 4. The molecule has 4 amide bonds. The highest BCUT2D eigenvalue weighted by atomic mass is 16.5. The van der Waals surface area contributed by atoms with Crippen LogP contribution in [-0.2, 0) is 41.7 Å². The van der Waals surface area contributed by atoms with Crippen LogP contribution in [0.4, 0.5) is 0 Å². The maximum absolute atomic E-state index is 13.4. The summed E-state index contributed by atoms with van der Waals surface area (Å²) >= 11 is 0. The van der Waals surface area contributed by atoms with Crippen LogP contribution in [0.15, 0.2) is 60.7 Å². The van der Waals surface area contributed by atoms with Crippen LogP contribution in [0, 0.1) is 5.92 Å². The van der Waals surface area contributed by atoms with Crippen molar-refractivity contribution < 1.29 is 33.8 Å². The Morgan fingerprint density at radius 1 is 0.714 bits per heavy atom. The summed E-state index contributed by atoms with van der Waals surface area (Å²) in [7, 11) is 0. The third-order valence-corrected chi connectivity index (χ3v) is 6.38. The molecule has 5 atom stereocenters. The quantitative estimate of drug-likeness (QED) is 0.157. The number of hydrogen-bond acceptors (Lipinski definition) is 8. The predicted octanol–water partition coefficient (Wildman–Crippen LogP) is -0.0729. The Balaban J connectivity index is 2.11. The number of ether oxygens (including phenoxy) is 1. The van der Waals surface area contributed by atoms with Gasteiger partial charge in [-0.2, -0.15) is 0 Å². The van der Waals surface area contributed by atoms with Crippen molar-refractivity contribution in [2.45, 2.75) is 70.9 Å². The fourth-order valence-corrected chi connectivity index (χ4v) is 3.83. The van der Waals surface area contributed by atoms with E-state index in [1.54, 1.807) is 38.1 Å². The van der Waals surface area contributed by atoms with Gasteiger partial charge < -0.3 is 36.8 Å². The molecule has 0 aliphatic heterocycles. The molecule has 0 aliphatic rings. The lowest BCUT2D eigenvalue weighted by Gasteiger charge is -2.27. The Morgan fingerprint density at radius 3 is 1.81 bits per heavy atom. The second kappa shape index (κ2) is 16.8. The Bertz CT molecular complexity index is 1190. The highest BCUT2D eigenvalue weighted by Gasteiger charge is 2.32. The summed E-state index contributed by atoms with van der Waals surface area (Å²) in [6, 6.07) is 12.7. The van der Waals surface area contributed by atoms with Crippen LogP contribution >= 0.6 is 0 Å². The summed E-state index contributed by atoms with van der Waals surface area (Å²) in [6.07, 6.45) is 0.120. The average molecular weight is 584 g/mol. The van der Waals surface area contributed by atoms with E-state index < -0.39 is 66.4 Å². The van der Waals surface area contributed by atoms with Crippen LogP contribution in [0.2, 0.25) is 0 Å². The average Bonchev–Trinajstić information content (AvgIpc) is 2.98. The minimum Gasteiger partial charge on any atom is -0.459 e. The molecule has 0 spiro atoms. The second-order valence-corrected chi connectivity index (χ2v) is 10.3. The molecule has 7 N–H and O–H groups in total. The minimum atomic E-state index is -1.19. The number of aliphatic hydroxyl groups is 1. The summed E-state index contributed by atoms with van der Waals surface area (Å²) in [5.74, 6) is -3.63. The van der Waals surface area contributed by atoms with E-state index in [0.29, 0.717) is 0 Å². The van der Waals surface area contributed by atoms with Crippen molar-refractivity contribution in [1.29, 1.82) is 0 Å². The first-order valence-electron chi connectivity index (χ1n) is 13.7. The van der Waals surface area contributed by atoms with E-state index in [1.165, 1.54) is 13.8 Å². The maximum Gasteiger partial charge on any atom is 0.328 e. The summed E-state index contributed by atoms with van der Waals surface area (Å²) in [5, 5.41) is 19.3. The van der Waals surface area contributed by atoms with Gasteiger partial charge in [0.2, 0.25) is 23.6 Å². The van der Waals surface area contributed by atoms with Gasteiger partial charge >= 0.3 is 5.97 Å². The number of esters is 1. The topological polar surface area (TPSA) is 189 Å². The minimum absolute atomic E-state index is 0.0463. The van der Waals surface area contributed by atoms with E-state index in [0.717, 1.165) is 11.1 Å². The predicted molar refractivity (Wildman–Crippen MR) is 155 cm³/mol. The zero-order valence-electron chi connectivity index (χ0n) is 24.3. The molecule has 0 bridgehead atoms. The van der Waals surface area contributed by atoms with Crippen LogP contribution < -0.4 is 27.0 Å². The van der Waals surface area contributed by atoms with Crippen LogP contribution in [0.5, 0.6) is 0 Å². The zero-order chi connectivity index (χ0) is 31.2. The van der Waals surface area contributed by atoms with E-state index in [9.17, 15) is 24.0 Å². The van der Waals surface area contributed by atoms with Gasteiger partial charge in [-0.15, -0.1) is 0 Å². The van der Waals surface area contributed by atoms with Gasteiger partial charge in [0.1, 0.15) is 36.8 Å². The van der Waals surface area contributed by atoms with E-state index in [2.05, 4.69) is 21.3 Å². The number of nitrogens with two attached hydrogens (primary N) is 1. The lowest BCUT2D eigenvalue weighted by Crippen LogP contribution is -2.59. The molecule has 0 aliphatic carbocycles. The molecular formula is C30H41N5O7. The van der Waals surface area contributed by atoms with Crippen molar-refractivity contribution in [1.82, 2.24) is 21.3 Å². The third-order valence-electron chi connectivity index (χ3n) is 6.38. The van der Waals surface area contributed by atoms with Crippen molar-refractivity contribution in [2.24, 2.45) is 11.7 Å². The first-order chi connectivity index (χ1) is 19.9. The molecular weight excluding hydrogens is 542 g/mol. The molecule has 2 rings (SSSR count). The van der Waals surface area contributed by atoms with Gasteiger partial charge in [0.25, 0.3) is 0 Å². The fourth-order valence-electron chi connectivity index (χ4n) is 3.83. The number of carbonyl (C=O) groups is 5. The van der Waals surface area contributed by atoms with Crippen molar-refractivity contribution >= 4 is 29.6 Å². The third kappa shape index (κ3) is 10.9. The Morgan fingerprint density at radius 2 is 1.26 bits per heavy atom. The van der Waals surface area contributed by atoms with Gasteiger partial charge in [-0.1, -0.05) is 74.5 Å². The van der Waals surface area contributed by atoms with Crippen LogP contribution in [0.3, 0.4) is 0 Å². The number of rotatable bonds is 15. The summed E-state index contributed by atoms with van der Waals surface area (Å²) in [4.78, 5) is 63.9. The molecule has 2 aromatic carbocycles. The van der Waals surface area contributed by atoms with Gasteiger partial charge in [0.15, 0.2) is 0 Å². The molecule has 0 saturated heterocycles. The van der Waals surface area contributed by atoms with Gasteiger partial charge in [-0.05, 0) is 30.9 Å². The van der Waals surface area contributed by atoms with Crippen LogP contribution in [0.25, 0.3) is 0 Å². The van der Waals surface area contributed by atoms with Crippen molar-refractivity contribution in [3.63, 3.8) is 0 Å². The lowest BCUT2D eigenvalue weighted by atomic mass is 10.0. The van der Waals surface area contributed by atoms with Gasteiger partial charge in [-0.3, -0.25) is 19.2 Å². The Kier molecular flexibility index (Phi) is 13.6. The summed E-state index contributed by atoms with van der Waals surface area (Å²) in [6.45, 7) is 5.79. The molecule has 0 aromatic heterocycles. The maximum atomic E-state index is 13.4. The van der Waals surface area contributed by atoms with Gasteiger partial charge in [-0.25, -0.2) is 4.79 Å². The molecule has 228 valence electrons. The highest BCUT2D eigenvalue weighted by Crippen LogP contribution is 2.08. The number of benzene rings is 2. The van der Waals surface area contributed by atoms with E-state index in [4.69, 9.17) is 15.6 Å². The molecule has 2 aromatic rings. The molecule has 0 saturated carbocycles. The van der Waals surface area contributed by atoms with Crippen molar-refractivity contribution in [3.05, 3.63) is 71.8 Å². The summed E-state index contributed by atoms with van der Waals surface area (Å²) < 4.78 is 5.31. The molecule has 0 unspecified atom stereocenters. The Hall–Kier alpha value is -4.29. The molecule has 42 heavy (non-hydrogen) atoms. The monoisotopic (exact) mass is 583 g/mol. The second-order valence-electron chi connectivity index (χ2n) is 10.3.